The summed E-state index contributed by atoms with van der Waals surface area (Å²) in [6, 6.07) is 12.2. The van der Waals surface area contributed by atoms with Gasteiger partial charge in [-0.05, 0) is 88.1 Å². The van der Waals surface area contributed by atoms with Crippen molar-refractivity contribution in [3.8, 4) is 0 Å². The molecule has 1 fully saturated rings. The first-order chi connectivity index (χ1) is 14.2. The molecule has 0 saturated carbocycles. The van der Waals surface area contributed by atoms with Gasteiger partial charge in [0.15, 0.2) is 0 Å². The van der Waals surface area contributed by atoms with Crippen molar-refractivity contribution in [1.29, 1.82) is 0 Å². The van der Waals surface area contributed by atoms with Crippen LogP contribution in [0, 0.1) is 13.8 Å². The number of likely N-dealkylation sites (tertiary alicyclic amines) is 1. The first-order valence-electron chi connectivity index (χ1n) is 10.4. The fourth-order valence-corrected chi connectivity index (χ4v) is 4.68. The first kappa shape index (κ1) is 22.3. The third-order valence-corrected chi connectivity index (χ3v) is 7.18. The Bertz CT molecular complexity index is 993. The van der Waals surface area contributed by atoms with Crippen LogP contribution in [-0.4, -0.2) is 44.4 Å². The van der Waals surface area contributed by atoms with E-state index in [1.165, 1.54) is 12.1 Å². The lowest BCUT2D eigenvalue weighted by Gasteiger charge is -2.34. The molecule has 2 aromatic rings. The summed E-state index contributed by atoms with van der Waals surface area (Å²) in [5.41, 5.74) is 3.10. The number of rotatable bonds is 6. The summed E-state index contributed by atoms with van der Waals surface area (Å²) in [6.45, 7) is 10.2. The smallest absolute Gasteiger partial charge is 0.261 e. The van der Waals surface area contributed by atoms with E-state index < -0.39 is 10.0 Å². The Balaban J connectivity index is 1.62. The molecule has 1 saturated heterocycles. The Morgan fingerprint density at radius 3 is 2.20 bits per heavy atom. The average molecular weight is 430 g/mol. The van der Waals surface area contributed by atoms with Gasteiger partial charge < -0.3 is 10.2 Å². The van der Waals surface area contributed by atoms with Gasteiger partial charge in [-0.15, -0.1) is 0 Å². The maximum absolute atomic E-state index is 12.7. The second-order valence-corrected chi connectivity index (χ2v) is 9.99. The summed E-state index contributed by atoms with van der Waals surface area (Å²) in [5.74, 6) is -0.163. The number of aryl methyl sites for hydroxylation is 2. The third-order valence-electron chi connectivity index (χ3n) is 5.78. The van der Waals surface area contributed by atoms with E-state index in [9.17, 15) is 13.2 Å². The normalized spacial score (nSPS) is 15.9. The van der Waals surface area contributed by atoms with Crippen LogP contribution < -0.4 is 10.0 Å². The Morgan fingerprint density at radius 2 is 1.63 bits per heavy atom. The number of benzene rings is 2. The van der Waals surface area contributed by atoms with E-state index >= 15 is 0 Å². The summed E-state index contributed by atoms with van der Waals surface area (Å²) in [4.78, 5) is 15.1. The molecule has 2 N–H and O–H groups in total. The van der Waals surface area contributed by atoms with Crippen LogP contribution in [0.5, 0.6) is 0 Å². The van der Waals surface area contributed by atoms with E-state index in [2.05, 4.69) is 28.8 Å². The highest BCUT2D eigenvalue weighted by Crippen LogP contribution is 2.20. The number of anilines is 1. The van der Waals surface area contributed by atoms with Crippen LogP contribution in [0.3, 0.4) is 0 Å². The Morgan fingerprint density at radius 1 is 1.00 bits per heavy atom. The molecular weight excluding hydrogens is 398 g/mol. The van der Waals surface area contributed by atoms with Crippen molar-refractivity contribution in [3.05, 3.63) is 59.2 Å². The lowest BCUT2D eigenvalue weighted by Crippen LogP contribution is -2.46. The van der Waals surface area contributed by atoms with Gasteiger partial charge in [0.2, 0.25) is 0 Å². The highest BCUT2D eigenvalue weighted by Gasteiger charge is 2.23. The SMILES string of the molecule is Cc1ccc(NS(=O)(=O)c2ccc(C(=O)NC3CCN(C(C)C)CC3)cc2)cc1C. The minimum Gasteiger partial charge on any atom is -0.349 e. The van der Waals surface area contributed by atoms with Crippen molar-refractivity contribution in [1.82, 2.24) is 10.2 Å². The number of carbonyl (C=O) groups is 1. The van der Waals surface area contributed by atoms with Gasteiger partial charge in [0, 0.05) is 36.4 Å². The predicted molar refractivity (Wildman–Crippen MR) is 120 cm³/mol. The second kappa shape index (κ2) is 9.18. The molecule has 162 valence electrons. The predicted octanol–water partition coefficient (Wildman–Crippen LogP) is 3.71. The molecule has 6 nitrogen and oxygen atoms in total. The molecule has 30 heavy (non-hydrogen) atoms. The topological polar surface area (TPSA) is 78.5 Å². The second-order valence-electron chi connectivity index (χ2n) is 8.31. The maximum atomic E-state index is 12.7. The van der Waals surface area contributed by atoms with Gasteiger partial charge in [-0.2, -0.15) is 0 Å². The van der Waals surface area contributed by atoms with Crippen molar-refractivity contribution in [3.63, 3.8) is 0 Å². The van der Waals surface area contributed by atoms with Gasteiger partial charge in [-0.25, -0.2) is 8.42 Å². The summed E-state index contributed by atoms with van der Waals surface area (Å²) in [7, 11) is -3.71. The molecule has 0 atom stereocenters. The first-order valence-corrected chi connectivity index (χ1v) is 11.9. The number of piperidine rings is 1. The third kappa shape index (κ3) is 5.40. The van der Waals surface area contributed by atoms with Crippen molar-refractivity contribution < 1.29 is 13.2 Å². The fraction of sp³-hybridized carbons (Fsp3) is 0.435. The van der Waals surface area contributed by atoms with Crippen molar-refractivity contribution in [2.75, 3.05) is 17.8 Å². The zero-order valence-corrected chi connectivity index (χ0v) is 18.9. The van der Waals surface area contributed by atoms with E-state index in [-0.39, 0.29) is 16.8 Å². The van der Waals surface area contributed by atoms with E-state index in [1.807, 2.05) is 19.9 Å². The van der Waals surface area contributed by atoms with E-state index in [0.717, 1.165) is 37.1 Å². The van der Waals surface area contributed by atoms with Crippen LogP contribution in [0.25, 0.3) is 0 Å². The lowest BCUT2D eigenvalue weighted by molar-refractivity contribution is 0.0900. The number of nitrogens with zero attached hydrogens (tertiary/aromatic N) is 1. The molecule has 0 aromatic heterocycles. The molecule has 0 unspecified atom stereocenters. The van der Waals surface area contributed by atoms with E-state index in [0.29, 0.717) is 17.3 Å². The average Bonchev–Trinajstić information content (AvgIpc) is 2.71. The minimum atomic E-state index is -3.71. The number of carbonyl (C=O) groups excluding carboxylic acids is 1. The van der Waals surface area contributed by atoms with E-state index in [4.69, 9.17) is 0 Å². The molecule has 1 aliphatic rings. The Labute approximate surface area is 179 Å². The molecule has 0 bridgehead atoms. The fourth-order valence-electron chi connectivity index (χ4n) is 3.63. The molecule has 1 heterocycles. The van der Waals surface area contributed by atoms with Gasteiger partial charge >= 0.3 is 0 Å². The summed E-state index contributed by atoms with van der Waals surface area (Å²) in [5, 5.41) is 3.07. The van der Waals surface area contributed by atoms with Crippen molar-refractivity contribution >= 4 is 21.6 Å². The molecule has 0 radical (unpaired) electrons. The number of hydrogen-bond donors (Lipinski definition) is 2. The molecule has 3 rings (SSSR count). The highest BCUT2D eigenvalue weighted by molar-refractivity contribution is 7.92. The monoisotopic (exact) mass is 429 g/mol. The van der Waals surface area contributed by atoms with Crippen LogP contribution in [0.2, 0.25) is 0 Å². The van der Waals surface area contributed by atoms with Crippen molar-refractivity contribution in [2.45, 2.75) is 57.5 Å². The molecule has 7 heteroatoms. The Kier molecular flexibility index (Phi) is 6.83. The molecule has 2 aromatic carbocycles. The molecule has 0 spiro atoms. The zero-order chi connectivity index (χ0) is 21.9. The molecule has 1 amide bonds. The highest BCUT2D eigenvalue weighted by atomic mass is 32.2. The molecule has 0 aliphatic carbocycles. The van der Waals surface area contributed by atoms with E-state index in [1.54, 1.807) is 24.3 Å². The van der Waals surface area contributed by atoms with Crippen LogP contribution in [-0.2, 0) is 10.0 Å². The van der Waals surface area contributed by atoms with Gasteiger partial charge in [-0.3, -0.25) is 9.52 Å². The van der Waals surface area contributed by atoms with Crippen LogP contribution in [0.4, 0.5) is 5.69 Å². The standard InChI is InChI=1S/C23H31N3O3S/c1-16(2)26-13-11-20(12-14-26)24-23(27)19-6-9-22(10-7-19)30(28,29)25-21-8-5-17(3)18(4)15-21/h5-10,15-16,20,25H,11-14H2,1-4H3,(H,24,27). The maximum Gasteiger partial charge on any atom is 0.261 e. The van der Waals surface area contributed by atoms with Gasteiger partial charge in [0.1, 0.15) is 0 Å². The summed E-state index contributed by atoms with van der Waals surface area (Å²) < 4.78 is 27.9. The van der Waals surface area contributed by atoms with Gasteiger partial charge in [0.05, 0.1) is 4.90 Å². The zero-order valence-electron chi connectivity index (χ0n) is 18.1. The van der Waals surface area contributed by atoms with Crippen LogP contribution in [0.1, 0.15) is 48.2 Å². The number of amides is 1. The minimum absolute atomic E-state index is 0.127. The van der Waals surface area contributed by atoms with Gasteiger partial charge in [-0.1, -0.05) is 6.07 Å². The summed E-state index contributed by atoms with van der Waals surface area (Å²) >= 11 is 0. The quantitative estimate of drug-likeness (QED) is 0.734. The lowest BCUT2D eigenvalue weighted by atomic mass is 10.0. The summed E-state index contributed by atoms with van der Waals surface area (Å²) in [6.07, 6.45) is 1.85. The van der Waals surface area contributed by atoms with Crippen LogP contribution in [0.15, 0.2) is 47.4 Å². The Hall–Kier alpha value is -2.38. The number of hydrogen-bond acceptors (Lipinski definition) is 4. The van der Waals surface area contributed by atoms with Crippen molar-refractivity contribution in [2.24, 2.45) is 0 Å². The van der Waals surface area contributed by atoms with Gasteiger partial charge in [0.25, 0.3) is 15.9 Å². The van der Waals surface area contributed by atoms with Crippen LogP contribution >= 0.6 is 0 Å². The number of nitrogens with one attached hydrogen (secondary N) is 2. The number of sulfonamides is 1. The molecule has 1 aliphatic heterocycles. The molecular formula is C23H31N3O3S. The largest absolute Gasteiger partial charge is 0.349 e.